The van der Waals surface area contributed by atoms with Gasteiger partial charge in [0.1, 0.15) is 5.75 Å². The van der Waals surface area contributed by atoms with E-state index in [0.717, 1.165) is 16.2 Å². The molecule has 1 fully saturated rings. The van der Waals surface area contributed by atoms with E-state index in [1.807, 2.05) is 64.1 Å². The van der Waals surface area contributed by atoms with Gasteiger partial charge in [0.2, 0.25) is 5.91 Å². The Bertz CT molecular complexity index is 888. The van der Waals surface area contributed by atoms with Gasteiger partial charge in [0.05, 0.1) is 11.2 Å². The van der Waals surface area contributed by atoms with Crippen LogP contribution in [0.15, 0.2) is 41.9 Å². The van der Waals surface area contributed by atoms with Gasteiger partial charge in [0.15, 0.2) is 0 Å². The molecule has 27 heavy (non-hydrogen) atoms. The number of carbonyl (C=O) groups excluding carboxylic acids is 1. The van der Waals surface area contributed by atoms with E-state index in [4.69, 9.17) is 9.31 Å². The molecule has 2 N–H and O–H groups in total. The molecule has 0 aliphatic carbocycles. The lowest BCUT2D eigenvalue weighted by atomic mass is 9.76. The normalized spacial score (nSPS) is 18.7. The summed E-state index contributed by atoms with van der Waals surface area (Å²) in [6, 6.07) is 11.4. The Hall–Kier alpha value is -2.31. The first-order valence-electron chi connectivity index (χ1n) is 9.12. The number of fused-ring (bicyclic) bond motifs is 1. The molecule has 3 rings (SSSR count). The maximum atomic E-state index is 11.5. The van der Waals surface area contributed by atoms with Crippen molar-refractivity contribution in [1.29, 1.82) is 0 Å². The minimum Gasteiger partial charge on any atom is -0.507 e. The Morgan fingerprint density at radius 1 is 1.11 bits per heavy atom. The van der Waals surface area contributed by atoms with Crippen molar-refractivity contribution in [3.8, 4) is 5.75 Å². The largest absolute Gasteiger partial charge is 0.507 e. The van der Waals surface area contributed by atoms with E-state index in [1.165, 1.54) is 6.92 Å². The lowest BCUT2D eigenvalue weighted by molar-refractivity contribution is -0.118. The molecule has 0 atom stereocenters. The van der Waals surface area contributed by atoms with E-state index in [9.17, 15) is 9.90 Å². The van der Waals surface area contributed by atoms with Crippen LogP contribution in [0.5, 0.6) is 5.75 Å². The van der Waals surface area contributed by atoms with Crippen molar-refractivity contribution in [3.05, 3.63) is 47.4 Å². The second-order valence-electron chi connectivity index (χ2n) is 7.94. The first-order valence-corrected chi connectivity index (χ1v) is 9.12. The smallest absolute Gasteiger partial charge is 0.492 e. The zero-order valence-corrected chi connectivity index (χ0v) is 16.5. The molecule has 2 aromatic rings. The third-order valence-electron chi connectivity index (χ3n) is 5.37. The first-order chi connectivity index (χ1) is 12.6. The topological polar surface area (TPSA) is 67.8 Å². The Morgan fingerprint density at radius 2 is 1.74 bits per heavy atom. The lowest BCUT2D eigenvalue weighted by Crippen LogP contribution is -2.41. The number of hydrogen-bond acceptors (Lipinski definition) is 4. The van der Waals surface area contributed by atoms with Gasteiger partial charge in [-0.3, -0.25) is 4.79 Å². The van der Waals surface area contributed by atoms with Crippen LogP contribution < -0.4 is 5.32 Å². The highest BCUT2D eigenvalue weighted by Gasteiger charge is 2.52. The van der Waals surface area contributed by atoms with E-state index in [-0.39, 0.29) is 18.2 Å². The zero-order valence-electron chi connectivity index (χ0n) is 16.5. The van der Waals surface area contributed by atoms with Crippen LogP contribution in [0.3, 0.4) is 0 Å². The Labute approximate surface area is 160 Å². The highest BCUT2D eigenvalue weighted by Crippen LogP contribution is 2.39. The van der Waals surface area contributed by atoms with Gasteiger partial charge in [0, 0.05) is 19.0 Å². The molecule has 1 aliphatic heterocycles. The van der Waals surface area contributed by atoms with Crippen LogP contribution in [0.4, 0.5) is 0 Å². The van der Waals surface area contributed by atoms with Crippen molar-refractivity contribution in [2.75, 3.05) is 6.54 Å². The fourth-order valence-corrected chi connectivity index (χ4v) is 3.04. The van der Waals surface area contributed by atoms with Gasteiger partial charge in [-0.25, -0.2) is 0 Å². The number of benzene rings is 2. The second-order valence-corrected chi connectivity index (χ2v) is 7.94. The second kappa shape index (κ2) is 7.02. The van der Waals surface area contributed by atoms with Crippen molar-refractivity contribution in [2.24, 2.45) is 0 Å². The number of phenols is 1. The van der Waals surface area contributed by atoms with Crippen molar-refractivity contribution in [3.63, 3.8) is 0 Å². The molecule has 0 unspecified atom stereocenters. The lowest BCUT2D eigenvalue weighted by Gasteiger charge is -2.32. The maximum absolute atomic E-state index is 11.5. The molecule has 6 heteroatoms. The van der Waals surface area contributed by atoms with Crippen LogP contribution in [0, 0.1) is 0 Å². The van der Waals surface area contributed by atoms with E-state index in [1.54, 1.807) is 6.07 Å². The number of aromatic hydroxyl groups is 1. The quantitative estimate of drug-likeness (QED) is 0.809. The summed E-state index contributed by atoms with van der Waals surface area (Å²) < 4.78 is 12.3. The molecule has 0 aromatic heterocycles. The van der Waals surface area contributed by atoms with Gasteiger partial charge < -0.3 is 19.7 Å². The average molecular weight is 367 g/mol. The Balaban J connectivity index is 2.07. The van der Waals surface area contributed by atoms with E-state index in [2.05, 4.69) is 5.32 Å². The van der Waals surface area contributed by atoms with Crippen molar-refractivity contribution >= 4 is 29.9 Å². The highest BCUT2D eigenvalue weighted by molar-refractivity contribution is 6.56. The number of phenolic OH excluding ortho intramolecular Hbond substituents is 1. The Morgan fingerprint density at radius 3 is 2.37 bits per heavy atom. The number of carbonyl (C=O) groups is 1. The van der Waals surface area contributed by atoms with Crippen LogP contribution in [-0.4, -0.2) is 35.9 Å². The van der Waals surface area contributed by atoms with Gasteiger partial charge >= 0.3 is 7.12 Å². The summed E-state index contributed by atoms with van der Waals surface area (Å²) in [7, 11) is -0.611. The molecule has 1 aliphatic rings. The number of nitrogens with one attached hydrogen (secondary N) is 1. The summed E-state index contributed by atoms with van der Waals surface area (Å²) in [6.07, 6.45) is 1.86. The number of amides is 1. The molecule has 2 aromatic carbocycles. The molecule has 142 valence electrons. The van der Waals surface area contributed by atoms with Crippen LogP contribution in [0.25, 0.3) is 16.8 Å². The molecular formula is C21H26BNO4. The fourth-order valence-electron chi connectivity index (χ4n) is 3.04. The molecular weight excluding hydrogens is 341 g/mol. The van der Waals surface area contributed by atoms with Gasteiger partial charge in [-0.1, -0.05) is 36.4 Å². The van der Waals surface area contributed by atoms with Crippen molar-refractivity contribution in [1.82, 2.24) is 5.32 Å². The molecule has 5 nitrogen and oxygen atoms in total. The monoisotopic (exact) mass is 367 g/mol. The summed E-state index contributed by atoms with van der Waals surface area (Å²) in [4.78, 5) is 11.5. The van der Waals surface area contributed by atoms with Crippen LogP contribution in [0.2, 0.25) is 0 Å². The predicted octanol–water partition coefficient (Wildman–Crippen LogP) is 3.70. The van der Waals surface area contributed by atoms with Gasteiger partial charge in [-0.15, -0.1) is 0 Å². The van der Waals surface area contributed by atoms with Gasteiger partial charge in [-0.2, -0.15) is 0 Å². The molecule has 0 radical (unpaired) electrons. The molecule has 0 spiro atoms. The summed E-state index contributed by atoms with van der Waals surface area (Å²) in [5.74, 6) is 0.0325. The molecule has 0 bridgehead atoms. The van der Waals surface area contributed by atoms with Gasteiger partial charge in [0.25, 0.3) is 0 Å². The van der Waals surface area contributed by atoms with Crippen molar-refractivity contribution in [2.45, 2.75) is 45.8 Å². The molecule has 1 saturated heterocycles. The summed E-state index contributed by atoms with van der Waals surface area (Å²) in [6.45, 7) is 9.68. The summed E-state index contributed by atoms with van der Waals surface area (Å²) in [5.41, 5.74) is 0.445. The fraction of sp³-hybridized carbons (Fsp3) is 0.381. The first kappa shape index (κ1) is 19.5. The van der Waals surface area contributed by atoms with Crippen LogP contribution in [-0.2, 0) is 14.1 Å². The minimum absolute atomic E-state index is 0.139. The average Bonchev–Trinajstić information content (AvgIpc) is 2.80. The highest BCUT2D eigenvalue weighted by atomic mass is 16.7. The van der Waals surface area contributed by atoms with E-state index < -0.39 is 18.3 Å². The third kappa shape index (κ3) is 3.87. The SMILES string of the molecule is CC(=O)NCC(=Cc1c(O)ccc2ccccc12)B1OC(C)(C)C(C)(C)O1. The molecule has 0 saturated carbocycles. The maximum Gasteiger partial charge on any atom is 0.492 e. The zero-order chi connectivity index (χ0) is 19.8. The van der Waals surface area contributed by atoms with Gasteiger partial charge in [-0.05, 0) is 50.0 Å². The third-order valence-corrected chi connectivity index (χ3v) is 5.37. The summed E-state index contributed by atoms with van der Waals surface area (Å²) in [5, 5.41) is 15.2. The van der Waals surface area contributed by atoms with Crippen LogP contribution >= 0.6 is 0 Å². The standard InChI is InChI=1S/C21H26BNO4/c1-14(24)23-13-16(22-26-20(2,3)21(4,5)27-22)12-18-17-9-7-6-8-15(17)10-11-19(18)25/h6-12,25H,13H2,1-5H3,(H,23,24). The number of hydrogen-bond donors (Lipinski definition) is 2. The van der Waals surface area contributed by atoms with E-state index >= 15 is 0 Å². The molecule has 1 amide bonds. The van der Waals surface area contributed by atoms with E-state index in [0.29, 0.717) is 5.56 Å². The predicted molar refractivity (Wildman–Crippen MR) is 108 cm³/mol. The molecule has 1 heterocycles. The summed E-state index contributed by atoms with van der Waals surface area (Å²) >= 11 is 0. The van der Waals surface area contributed by atoms with Crippen molar-refractivity contribution < 1.29 is 19.2 Å². The number of rotatable bonds is 4. The minimum atomic E-state index is -0.611. The Kier molecular flexibility index (Phi) is 5.06. The van der Waals surface area contributed by atoms with Crippen LogP contribution in [0.1, 0.15) is 40.2 Å².